The van der Waals surface area contributed by atoms with E-state index in [-0.39, 0.29) is 29.2 Å². The van der Waals surface area contributed by atoms with Gasteiger partial charge in [0.05, 0.1) is 7.11 Å². The van der Waals surface area contributed by atoms with Gasteiger partial charge >= 0.3 is 5.97 Å². The molecule has 0 bridgehead atoms. The Morgan fingerprint density at radius 2 is 1.87 bits per heavy atom. The number of carbonyl (C=O) groups is 2. The van der Waals surface area contributed by atoms with Crippen LogP contribution in [-0.2, 0) is 9.53 Å². The van der Waals surface area contributed by atoms with Gasteiger partial charge in [-0.1, -0.05) is 18.2 Å². The molecule has 0 saturated heterocycles. The van der Waals surface area contributed by atoms with E-state index in [0.717, 1.165) is 12.8 Å². The van der Waals surface area contributed by atoms with E-state index in [1.807, 2.05) is 37.3 Å². The molecule has 1 aliphatic rings. The van der Waals surface area contributed by atoms with Crippen molar-refractivity contribution >= 4 is 11.9 Å². The summed E-state index contributed by atoms with van der Waals surface area (Å²) in [5.41, 5.74) is -0.228. The van der Waals surface area contributed by atoms with E-state index >= 15 is 0 Å². The van der Waals surface area contributed by atoms with Crippen LogP contribution >= 0.6 is 0 Å². The molecule has 0 spiro atoms. The monoisotopic (exact) mass is 414 g/mol. The zero-order valence-electron chi connectivity index (χ0n) is 17.2. The average Bonchev–Trinajstić information content (AvgIpc) is 3.57. The van der Waals surface area contributed by atoms with Gasteiger partial charge in [-0.15, -0.1) is 0 Å². The number of esters is 1. The molecule has 1 aromatic carbocycles. The van der Waals surface area contributed by atoms with Gasteiger partial charge in [0.1, 0.15) is 24.0 Å². The Morgan fingerprint density at radius 3 is 2.50 bits per heavy atom. The first kappa shape index (κ1) is 21.4. The predicted molar refractivity (Wildman–Crippen MR) is 109 cm³/mol. The number of benzene rings is 1. The molecule has 2 aromatic rings. The maximum absolute atomic E-state index is 12.6. The molecule has 8 nitrogen and oxygen atoms in total. The third-order valence-corrected chi connectivity index (χ3v) is 4.89. The molecule has 0 radical (unpaired) electrons. The minimum Gasteiger partial charge on any atom is -0.503 e. The fourth-order valence-corrected chi connectivity index (χ4v) is 3.11. The van der Waals surface area contributed by atoms with Crippen molar-refractivity contribution in [2.45, 2.75) is 44.9 Å². The van der Waals surface area contributed by atoms with Gasteiger partial charge in [0.25, 0.3) is 5.91 Å². The first-order chi connectivity index (χ1) is 14.4. The molecule has 3 atom stereocenters. The molecule has 30 heavy (non-hydrogen) atoms. The molecule has 1 aromatic heterocycles. The standard InChI is InChI=1S/C22H26N2O6/c1-13(24-21(26)18-19(25)17(28-3)11-12-23-18)22(27)30-20(15-9-10-15)14(2)29-16-7-5-4-6-8-16/h4-8,11-15,20,25H,9-10H2,1-3H3,(H,24,26)/t13-,14-,20?/m0/s1. The summed E-state index contributed by atoms with van der Waals surface area (Å²) in [6.45, 7) is 3.38. The van der Waals surface area contributed by atoms with Crippen molar-refractivity contribution in [3.05, 3.63) is 48.3 Å². The van der Waals surface area contributed by atoms with E-state index in [1.54, 1.807) is 0 Å². The Bertz CT molecular complexity index is 884. The SMILES string of the molecule is COc1ccnc(C(=O)N[C@@H](C)C(=O)OC(C2CC2)[C@H](C)Oc2ccccc2)c1O. The summed E-state index contributed by atoms with van der Waals surface area (Å²) in [6, 6.07) is 9.83. The average molecular weight is 414 g/mol. The second-order valence-electron chi connectivity index (χ2n) is 7.28. The Kier molecular flexibility index (Phi) is 6.76. The van der Waals surface area contributed by atoms with E-state index in [0.29, 0.717) is 5.75 Å². The smallest absolute Gasteiger partial charge is 0.328 e. The van der Waals surface area contributed by atoms with Crippen LogP contribution in [0.1, 0.15) is 37.2 Å². The molecule has 1 amide bonds. The number of methoxy groups -OCH3 is 1. The Morgan fingerprint density at radius 1 is 1.17 bits per heavy atom. The largest absolute Gasteiger partial charge is 0.503 e. The van der Waals surface area contributed by atoms with Crippen LogP contribution in [0, 0.1) is 5.92 Å². The van der Waals surface area contributed by atoms with Crippen molar-refractivity contribution in [1.82, 2.24) is 10.3 Å². The number of carbonyl (C=O) groups excluding carboxylic acids is 2. The molecule has 8 heteroatoms. The van der Waals surface area contributed by atoms with Crippen LogP contribution in [0.3, 0.4) is 0 Å². The lowest BCUT2D eigenvalue weighted by molar-refractivity contribution is -0.156. The number of para-hydroxylation sites is 1. The first-order valence-corrected chi connectivity index (χ1v) is 9.85. The van der Waals surface area contributed by atoms with Crippen molar-refractivity contribution in [2.75, 3.05) is 7.11 Å². The number of hydrogen-bond donors (Lipinski definition) is 2. The van der Waals surface area contributed by atoms with E-state index in [2.05, 4.69) is 10.3 Å². The van der Waals surface area contributed by atoms with Crippen molar-refractivity contribution < 1.29 is 28.9 Å². The van der Waals surface area contributed by atoms with Crippen LogP contribution in [0.2, 0.25) is 0 Å². The highest BCUT2D eigenvalue weighted by Crippen LogP contribution is 2.37. The second kappa shape index (κ2) is 9.47. The fraction of sp³-hybridized carbons (Fsp3) is 0.409. The molecular weight excluding hydrogens is 388 g/mol. The second-order valence-corrected chi connectivity index (χ2v) is 7.28. The summed E-state index contributed by atoms with van der Waals surface area (Å²) in [5, 5.41) is 12.6. The Balaban J connectivity index is 1.61. The first-order valence-electron chi connectivity index (χ1n) is 9.85. The van der Waals surface area contributed by atoms with Gasteiger partial charge in [-0.2, -0.15) is 0 Å². The normalized spacial score (nSPS) is 16.1. The van der Waals surface area contributed by atoms with Gasteiger partial charge in [-0.3, -0.25) is 4.79 Å². The van der Waals surface area contributed by atoms with Crippen molar-refractivity contribution in [2.24, 2.45) is 5.92 Å². The third kappa shape index (κ3) is 5.20. The number of aromatic nitrogens is 1. The summed E-state index contributed by atoms with van der Waals surface area (Å²) >= 11 is 0. The lowest BCUT2D eigenvalue weighted by Gasteiger charge is -2.26. The fourth-order valence-electron chi connectivity index (χ4n) is 3.11. The minimum atomic E-state index is -0.935. The van der Waals surface area contributed by atoms with Gasteiger partial charge in [0.15, 0.2) is 17.2 Å². The van der Waals surface area contributed by atoms with Crippen molar-refractivity contribution in [3.8, 4) is 17.2 Å². The van der Waals surface area contributed by atoms with Crippen molar-refractivity contribution in [1.29, 1.82) is 0 Å². The molecule has 1 heterocycles. The number of pyridine rings is 1. The molecule has 3 rings (SSSR count). The summed E-state index contributed by atoms with van der Waals surface area (Å²) in [6.07, 6.45) is 2.50. The quantitative estimate of drug-likeness (QED) is 0.608. The highest BCUT2D eigenvalue weighted by atomic mass is 16.6. The number of ether oxygens (including phenoxy) is 3. The van der Waals surface area contributed by atoms with Gasteiger partial charge in [0.2, 0.25) is 0 Å². The Labute approximate surface area is 175 Å². The highest BCUT2D eigenvalue weighted by molar-refractivity contribution is 5.97. The lowest BCUT2D eigenvalue weighted by atomic mass is 10.1. The molecule has 160 valence electrons. The molecule has 1 fully saturated rings. The van der Waals surface area contributed by atoms with E-state index < -0.39 is 24.0 Å². The maximum atomic E-state index is 12.6. The summed E-state index contributed by atoms with van der Waals surface area (Å²) in [5.74, 6) is -0.615. The number of hydrogen-bond acceptors (Lipinski definition) is 7. The molecular formula is C22H26N2O6. The van der Waals surface area contributed by atoms with Gasteiger partial charge in [-0.05, 0) is 44.7 Å². The minimum absolute atomic E-state index is 0.117. The van der Waals surface area contributed by atoms with Gasteiger partial charge < -0.3 is 24.6 Å². The van der Waals surface area contributed by atoms with Crippen LogP contribution in [0.5, 0.6) is 17.2 Å². The number of nitrogens with zero attached hydrogens (tertiary/aromatic N) is 1. The van der Waals surface area contributed by atoms with Crippen molar-refractivity contribution in [3.63, 3.8) is 0 Å². The molecule has 1 unspecified atom stereocenters. The highest BCUT2D eigenvalue weighted by Gasteiger charge is 2.40. The third-order valence-electron chi connectivity index (χ3n) is 4.89. The summed E-state index contributed by atoms with van der Waals surface area (Å²) in [7, 11) is 1.37. The molecule has 2 N–H and O–H groups in total. The summed E-state index contributed by atoms with van der Waals surface area (Å²) < 4.78 is 16.6. The van der Waals surface area contributed by atoms with E-state index in [4.69, 9.17) is 14.2 Å². The van der Waals surface area contributed by atoms with E-state index in [1.165, 1.54) is 26.3 Å². The zero-order chi connectivity index (χ0) is 21.7. The van der Waals surface area contributed by atoms with Crippen LogP contribution in [0.4, 0.5) is 0 Å². The van der Waals surface area contributed by atoms with Crippen LogP contribution in [0.15, 0.2) is 42.6 Å². The van der Waals surface area contributed by atoms with Crippen LogP contribution in [0.25, 0.3) is 0 Å². The Hall–Kier alpha value is -3.29. The number of rotatable bonds is 9. The van der Waals surface area contributed by atoms with Gasteiger partial charge in [-0.25, -0.2) is 9.78 Å². The number of amides is 1. The lowest BCUT2D eigenvalue weighted by Crippen LogP contribution is -2.44. The number of nitrogens with one attached hydrogen (secondary N) is 1. The van der Waals surface area contributed by atoms with Gasteiger partial charge in [0, 0.05) is 12.3 Å². The zero-order valence-corrected chi connectivity index (χ0v) is 17.2. The number of aromatic hydroxyl groups is 1. The van der Waals surface area contributed by atoms with Crippen LogP contribution in [-0.4, -0.2) is 47.3 Å². The summed E-state index contributed by atoms with van der Waals surface area (Å²) in [4.78, 5) is 28.9. The molecule has 0 aliphatic heterocycles. The topological polar surface area (TPSA) is 107 Å². The van der Waals surface area contributed by atoms with Crippen LogP contribution < -0.4 is 14.8 Å². The maximum Gasteiger partial charge on any atom is 0.328 e. The molecule has 1 aliphatic carbocycles. The molecule has 1 saturated carbocycles. The van der Waals surface area contributed by atoms with E-state index in [9.17, 15) is 14.7 Å². The predicted octanol–water partition coefficient (Wildman–Crippen LogP) is 2.70.